The zero-order chi connectivity index (χ0) is 18.6. The largest absolute Gasteiger partial charge is 0.377 e. The first-order chi connectivity index (χ1) is 13.2. The highest BCUT2D eigenvalue weighted by Crippen LogP contribution is 2.45. The summed E-state index contributed by atoms with van der Waals surface area (Å²) in [5, 5.41) is 5.83. The second kappa shape index (κ2) is 7.92. The maximum atomic E-state index is 12.4. The van der Waals surface area contributed by atoms with Crippen LogP contribution in [0.5, 0.6) is 0 Å². The van der Waals surface area contributed by atoms with Gasteiger partial charge in [-0.1, -0.05) is 48.5 Å². The lowest BCUT2D eigenvalue weighted by Gasteiger charge is -2.48. The second-order valence-corrected chi connectivity index (χ2v) is 7.28. The molecule has 0 radical (unpaired) electrons. The van der Waals surface area contributed by atoms with Crippen molar-refractivity contribution in [1.29, 1.82) is 0 Å². The van der Waals surface area contributed by atoms with E-state index < -0.39 is 0 Å². The summed E-state index contributed by atoms with van der Waals surface area (Å²) >= 11 is 0. The highest BCUT2D eigenvalue weighted by molar-refractivity contribution is 5.96. The fourth-order valence-corrected chi connectivity index (χ4v) is 4.26. The number of carbonyl (C=O) groups excluding carboxylic acids is 2. The fourth-order valence-electron chi connectivity index (χ4n) is 4.26. The van der Waals surface area contributed by atoms with E-state index >= 15 is 0 Å². The number of amides is 2. The van der Waals surface area contributed by atoms with Crippen LogP contribution in [0.2, 0.25) is 0 Å². The molecule has 5 nitrogen and oxygen atoms in total. The molecule has 5 heteroatoms. The Morgan fingerprint density at radius 1 is 1.00 bits per heavy atom. The van der Waals surface area contributed by atoms with Crippen molar-refractivity contribution in [2.24, 2.45) is 11.8 Å². The number of hydrogen-bond acceptors (Lipinski definition) is 3. The van der Waals surface area contributed by atoms with Crippen molar-refractivity contribution in [3.05, 3.63) is 71.8 Å². The zero-order valence-electron chi connectivity index (χ0n) is 15.1. The van der Waals surface area contributed by atoms with Crippen LogP contribution in [0.4, 0.5) is 0 Å². The van der Waals surface area contributed by atoms with E-state index in [2.05, 4.69) is 22.8 Å². The monoisotopic (exact) mass is 364 g/mol. The average molecular weight is 364 g/mol. The molecule has 4 atom stereocenters. The van der Waals surface area contributed by atoms with Crippen LogP contribution in [-0.2, 0) is 16.0 Å². The van der Waals surface area contributed by atoms with Crippen molar-refractivity contribution in [3.8, 4) is 0 Å². The van der Waals surface area contributed by atoms with Crippen LogP contribution in [-0.4, -0.2) is 37.1 Å². The molecule has 2 N–H and O–H groups in total. The van der Waals surface area contributed by atoms with Gasteiger partial charge < -0.3 is 15.4 Å². The molecule has 0 spiro atoms. The number of hydrogen-bond donors (Lipinski definition) is 2. The Morgan fingerprint density at radius 3 is 2.44 bits per heavy atom. The zero-order valence-corrected chi connectivity index (χ0v) is 15.1. The quantitative estimate of drug-likeness (QED) is 0.826. The Morgan fingerprint density at radius 2 is 1.70 bits per heavy atom. The smallest absolute Gasteiger partial charge is 0.251 e. The average Bonchev–Trinajstić information content (AvgIpc) is 3.14. The predicted molar refractivity (Wildman–Crippen MR) is 102 cm³/mol. The SMILES string of the molecule is O=C(CNC(=O)c1ccccc1)N[C@@H]1[C@@H](Cc2ccccc2)[C@H]2OCC[C@@H]12. The Labute approximate surface area is 159 Å². The number of ether oxygens (including phenoxy) is 1. The lowest BCUT2D eigenvalue weighted by molar-refractivity contribution is -0.126. The third-order valence-electron chi connectivity index (χ3n) is 5.62. The van der Waals surface area contributed by atoms with E-state index in [1.165, 1.54) is 5.56 Å². The summed E-state index contributed by atoms with van der Waals surface area (Å²) in [5.41, 5.74) is 1.81. The topological polar surface area (TPSA) is 67.4 Å². The molecule has 0 unspecified atom stereocenters. The minimum absolute atomic E-state index is 0.0134. The third-order valence-corrected chi connectivity index (χ3v) is 5.62. The lowest BCUT2D eigenvalue weighted by atomic mass is 9.64. The third kappa shape index (κ3) is 3.88. The van der Waals surface area contributed by atoms with Gasteiger partial charge in [0.1, 0.15) is 0 Å². The molecule has 2 fully saturated rings. The molecular weight excluding hydrogens is 340 g/mol. The van der Waals surface area contributed by atoms with Gasteiger partial charge in [-0.25, -0.2) is 0 Å². The Balaban J connectivity index is 1.33. The van der Waals surface area contributed by atoms with Gasteiger partial charge in [-0.05, 0) is 30.5 Å². The van der Waals surface area contributed by atoms with E-state index in [4.69, 9.17) is 4.74 Å². The molecule has 2 aromatic rings. The van der Waals surface area contributed by atoms with E-state index in [-0.39, 0.29) is 36.4 Å². The molecule has 140 valence electrons. The molecule has 2 amide bonds. The molecule has 4 rings (SSSR count). The van der Waals surface area contributed by atoms with Gasteiger partial charge in [-0.3, -0.25) is 9.59 Å². The number of carbonyl (C=O) groups is 2. The Bertz CT molecular complexity index is 794. The first-order valence-electron chi connectivity index (χ1n) is 9.50. The number of rotatable bonds is 6. The normalized spacial score (nSPS) is 25.9. The Kier molecular flexibility index (Phi) is 5.21. The molecule has 0 aromatic heterocycles. The minimum atomic E-state index is -0.234. The fraction of sp³-hybridized carbons (Fsp3) is 0.364. The van der Waals surface area contributed by atoms with Crippen LogP contribution in [0.3, 0.4) is 0 Å². The van der Waals surface area contributed by atoms with Crippen LogP contribution in [0.15, 0.2) is 60.7 Å². The van der Waals surface area contributed by atoms with Gasteiger partial charge in [-0.15, -0.1) is 0 Å². The molecule has 27 heavy (non-hydrogen) atoms. The first-order valence-corrected chi connectivity index (χ1v) is 9.50. The van der Waals surface area contributed by atoms with Crippen molar-refractivity contribution in [2.75, 3.05) is 13.2 Å². The van der Waals surface area contributed by atoms with Gasteiger partial charge in [0, 0.05) is 30.0 Å². The maximum absolute atomic E-state index is 12.4. The van der Waals surface area contributed by atoms with Gasteiger partial charge in [0.2, 0.25) is 5.91 Å². The van der Waals surface area contributed by atoms with Crippen LogP contribution in [0.1, 0.15) is 22.3 Å². The first kappa shape index (κ1) is 17.7. The van der Waals surface area contributed by atoms with Gasteiger partial charge >= 0.3 is 0 Å². The van der Waals surface area contributed by atoms with Gasteiger partial charge in [-0.2, -0.15) is 0 Å². The van der Waals surface area contributed by atoms with E-state index in [1.54, 1.807) is 24.3 Å². The maximum Gasteiger partial charge on any atom is 0.251 e. The van der Waals surface area contributed by atoms with Crippen molar-refractivity contribution >= 4 is 11.8 Å². The van der Waals surface area contributed by atoms with E-state index in [0.29, 0.717) is 11.5 Å². The number of nitrogens with one attached hydrogen (secondary N) is 2. The van der Waals surface area contributed by atoms with E-state index in [0.717, 1.165) is 19.4 Å². The molecule has 2 aromatic carbocycles. The van der Waals surface area contributed by atoms with Crippen molar-refractivity contribution in [2.45, 2.75) is 25.0 Å². The summed E-state index contributed by atoms with van der Waals surface area (Å²) in [5.74, 6) is 0.288. The molecule has 1 aliphatic heterocycles. The number of benzene rings is 2. The van der Waals surface area contributed by atoms with Crippen molar-refractivity contribution < 1.29 is 14.3 Å². The minimum Gasteiger partial charge on any atom is -0.377 e. The van der Waals surface area contributed by atoms with Gasteiger partial charge in [0.15, 0.2) is 0 Å². The van der Waals surface area contributed by atoms with Crippen molar-refractivity contribution in [3.63, 3.8) is 0 Å². The molecule has 1 saturated carbocycles. The number of fused-ring (bicyclic) bond motifs is 1. The highest BCUT2D eigenvalue weighted by atomic mass is 16.5. The van der Waals surface area contributed by atoms with Crippen LogP contribution >= 0.6 is 0 Å². The summed E-state index contributed by atoms with van der Waals surface area (Å²) in [6.45, 7) is 0.748. The second-order valence-electron chi connectivity index (χ2n) is 7.28. The predicted octanol–water partition coefficient (Wildman–Crippen LogP) is 2.18. The summed E-state index contributed by atoms with van der Waals surface area (Å²) in [4.78, 5) is 24.5. The van der Waals surface area contributed by atoms with Crippen LogP contribution < -0.4 is 10.6 Å². The molecule has 1 heterocycles. The van der Waals surface area contributed by atoms with Gasteiger partial charge in [0.05, 0.1) is 12.6 Å². The van der Waals surface area contributed by atoms with Gasteiger partial charge in [0.25, 0.3) is 5.91 Å². The summed E-state index contributed by atoms with van der Waals surface area (Å²) < 4.78 is 5.88. The van der Waals surface area contributed by atoms with Crippen LogP contribution in [0.25, 0.3) is 0 Å². The van der Waals surface area contributed by atoms with E-state index in [1.807, 2.05) is 24.3 Å². The lowest BCUT2D eigenvalue weighted by Crippen LogP contribution is -2.62. The van der Waals surface area contributed by atoms with Crippen LogP contribution in [0, 0.1) is 11.8 Å². The summed E-state index contributed by atoms with van der Waals surface area (Å²) in [7, 11) is 0. The Hall–Kier alpha value is -2.66. The standard InChI is InChI=1S/C22H24N2O3/c25-19(14-23-22(26)16-9-5-2-6-10-16)24-20-17-11-12-27-21(17)18(20)13-15-7-3-1-4-8-15/h1-10,17-18,20-21H,11-14H2,(H,23,26)(H,24,25)/t17-,18+,20-,21-/m0/s1. The molecular formula is C22H24N2O3. The molecule has 2 aliphatic rings. The molecule has 1 aliphatic carbocycles. The van der Waals surface area contributed by atoms with E-state index in [9.17, 15) is 9.59 Å². The summed E-state index contributed by atoms with van der Waals surface area (Å²) in [6, 6.07) is 19.3. The van der Waals surface area contributed by atoms with Crippen molar-refractivity contribution in [1.82, 2.24) is 10.6 Å². The molecule has 0 bridgehead atoms. The molecule has 1 saturated heterocycles. The highest BCUT2D eigenvalue weighted by Gasteiger charge is 2.53. The summed E-state index contributed by atoms with van der Waals surface area (Å²) in [6.07, 6.45) is 2.11.